The standard InChI is InChI=1S/C14H9BrO2/c15-8-5-6-11-12(7-8)9-3-1-2-4-10(9)13(16)14(11)17/h1-7,13,16H. The van der Waals surface area contributed by atoms with Gasteiger partial charge in [-0.25, -0.2) is 0 Å². The normalized spacial score (nSPS) is 17.5. The smallest absolute Gasteiger partial charge is 0.196 e. The number of halogens is 1. The van der Waals surface area contributed by atoms with Gasteiger partial charge in [-0.15, -0.1) is 0 Å². The van der Waals surface area contributed by atoms with E-state index in [4.69, 9.17) is 0 Å². The van der Waals surface area contributed by atoms with Crippen molar-refractivity contribution in [2.24, 2.45) is 0 Å². The zero-order valence-electron chi connectivity index (χ0n) is 8.85. The van der Waals surface area contributed by atoms with Crippen molar-refractivity contribution < 1.29 is 9.90 Å². The molecule has 1 aliphatic rings. The van der Waals surface area contributed by atoms with E-state index in [1.165, 1.54) is 0 Å². The Morgan fingerprint density at radius 1 is 1.00 bits per heavy atom. The van der Waals surface area contributed by atoms with Gasteiger partial charge < -0.3 is 5.11 Å². The molecule has 0 radical (unpaired) electrons. The van der Waals surface area contributed by atoms with Crippen molar-refractivity contribution in [2.75, 3.05) is 0 Å². The Balaban J connectivity index is 2.37. The van der Waals surface area contributed by atoms with Crippen LogP contribution in [0.1, 0.15) is 22.0 Å². The Hall–Kier alpha value is -1.45. The predicted molar refractivity (Wildman–Crippen MR) is 68.9 cm³/mol. The summed E-state index contributed by atoms with van der Waals surface area (Å²) < 4.78 is 0.926. The summed E-state index contributed by atoms with van der Waals surface area (Å²) in [5.74, 6) is -0.230. The van der Waals surface area contributed by atoms with Crippen LogP contribution in [-0.2, 0) is 0 Å². The van der Waals surface area contributed by atoms with Crippen LogP contribution in [0.2, 0.25) is 0 Å². The predicted octanol–water partition coefficient (Wildman–Crippen LogP) is 3.35. The fraction of sp³-hybridized carbons (Fsp3) is 0.0714. The van der Waals surface area contributed by atoms with Gasteiger partial charge >= 0.3 is 0 Å². The maximum absolute atomic E-state index is 12.0. The number of fused-ring (bicyclic) bond motifs is 3. The summed E-state index contributed by atoms with van der Waals surface area (Å²) in [5, 5.41) is 9.98. The van der Waals surface area contributed by atoms with Crippen LogP contribution in [0.25, 0.3) is 11.1 Å². The first kappa shape index (κ1) is 10.7. The Morgan fingerprint density at radius 3 is 2.59 bits per heavy atom. The molecule has 0 bridgehead atoms. The number of benzene rings is 2. The maximum atomic E-state index is 12.0. The molecule has 0 saturated carbocycles. The van der Waals surface area contributed by atoms with Crippen molar-refractivity contribution in [1.29, 1.82) is 0 Å². The molecule has 0 saturated heterocycles. The first-order valence-electron chi connectivity index (χ1n) is 5.29. The van der Waals surface area contributed by atoms with Crippen LogP contribution in [-0.4, -0.2) is 10.9 Å². The fourth-order valence-corrected chi connectivity index (χ4v) is 2.58. The number of Topliss-reactive ketones (excluding diaryl/α,β-unsaturated/α-hetero) is 1. The van der Waals surface area contributed by atoms with Gasteiger partial charge in [0.15, 0.2) is 5.78 Å². The minimum absolute atomic E-state index is 0.230. The second-order valence-corrected chi connectivity index (χ2v) is 4.96. The van der Waals surface area contributed by atoms with Crippen molar-refractivity contribution in [3.05, 3.63) is 58.1 Å². The van der Waals surface area contributed by atoms with Gasteiger partial charge in [0.1, 0.15) is 6.10 Å². The number of ketones is 1. The van der Waals surface area contributed by atoms with E-state index in [1.54, 1.807) is 12.1 Å². The second kappa shape index (κ2) is 3.79. The molecule has 2 aromatic rings. The average molecular weight is 289 g/mol. The zero-order chi connectivity index (χ0) is 12.0. The summed E-state index contributed by atoms with van der Waals surface area (Å²) in [7, 11) is 0. The van der Waals surface area contributed by atoms with Crippen molar-refractivity contribution in [3.63, 3.8) is 0 Å². The van der Waals surface area contributed by atoms with E-state index in [9.17, 15) is 9.90 Å². The third kappa shape index (κ3) is 1.54. The lowest BCUT2D eigenvalue weighted by atomic mass is 9.83. The van der Waals surface area contributed by atoms with Crippen molar-refractivity contribution in [1.82, 2.24) is 0 Å². The lowest BCUT2D eigenvalue weighted by Crippen LogP contribution is -2.18. The largest absolute Gasteiger partial charge is 0.380 e. The minimum atomic E-state index is -1.04. The van der Waals surface area contributed by atoms with E-state index in [1.807, 2.05) is 30.3 Å². The number of aliphatic hydroxyl groups is 1. The number of carbonyl (C=O) groups excluding carboxylic acids is 1. The monoisotopic (exact) mass is 288 g/mol. The van der Waals surface area contributed by atoms with Crippen LogP contribution in [0.3, 0.4) is 0 Å². The second-order valence-electron chi connectivity index (χ2n) is 4.04. The average Bonchev–Trinajstić information content (AvgIpc) is 2.36. The highest BCUT2D eigenvalue weighted by Gasteiger charge is 2.30. The van der Waals surface area contributed by atoms with Gasteiger partial charge in [-0.3, -0.25) is 4.79 Å². The fourth-order valence-electron chi connectivity index (χ4n) is 2.22. The molecular formula is C14H9BrO2. The van der Waals surface area contributed by atoms with Gasteiger partial charge in [0.25, 0.3) is 0 Å². The summed E-state index contributed by atoms with van der Waals surface area (Å²) in [6.45, 7) is 0. The van der Waals surface area contributed by atoms with E-state index < -0.39 is 6.10 Å². The van der Waals surface area contributed by atoms with Crippen LogP contribution in [0.4, 0.5) is 0 Å². The molecule has 17 heavy (non-hydrogen) atoms. The van der Waals surface area contributed by atoms with E-state index in [2.05, 4.69) is 15.9 Å². The number of hydrogen-bond donors (Lipinski definition) is 1. The lowest BCUT2D eigenvalue weighted by Gasteiger charge is -2.23. The molecule has 1 unspecified atom stereocenters. The zero-order valence-corrected chi connectivity index (χ0v) is 10.4. The molecule has 2 nitrogen and oxygen atoms in total. The molecule has 3 heteroatoms. The van der Waals surface area contributed by atoms with Gasteiger partial charge in [0, 0.05) is 10.0 Å². The highest BCUT2D eigenvalue weighted by molar-refractivity contribution is 9.10. The van der Waals surface area contributed by atoms with Crippen LogP contribution < -0.4 is 0 Å². The van der Waals surface area contributed by atoms with Crippen LogP contribution in [0, 0.1) is 0 Å². The molecule has 84 valence electrons. The number of aliphatic hydroxyl groups excluding tert-OH is 1. The Labute approximate surface area is 107 Å². The highest BCUT2D eigenvalue weighted by atomic mass is 79.9. The Kier molecular flexibility index (Phi) is 2.38. The lowest BCUT2D eigenvalue weighted by molar-refractivity contribution is 0.0744. The summed E-state index contributed by atoms with van der Waals surface area (Å²) in [4.78, 5) is 12.0. The van der Waals surface area contributed by atoms with Gasteiger partial charge in [0.2, 0.25) is 0 Å². The molecule has 2 aromatic carbocycles. The summed E-state index contributed by atoms with van der Waals surface area (Å²) in [5.41, 5.74) is 3.07. The van der Waals surface area contributed by atoms with E-state index >= 15 is 0 Å². The molecule has 0 spiro atoms. The van der Waals surface area contributed by atoms with Crippen molar-refractivity contribution in [2.45, 2.75) is 6.10 Å². The molecule has 1 N–H and O–H groups in total. The Bertz CT molecular complexity index is 619. The SMILES string of the molecule is O=C1c2ccc(Br)cc2-c2ccccc2C1O. The Morgan fingerprint density at radius 2 is 1.76 bits per heavy atom. The van der Waals surface area contributed by atoms with Gasteiger partial charge in [-0.05, 0) is 34.9 Å². The highest BCUT2D eigenvalue weighted by Crippen LogP contribution is 2.39. The molecule has 0 fully saturated rings. The van der Waals surface area contributed by atoms with Crippen LogP contribution in [0.15, 0.2) is 46.9 Å². The molecule has 0 heterocycles. The van der Waals surface area contributed by atoms with Crippen LogP contribution >= 0.6 is 15.9 Å². The molecule has 0 aliphatic heterocycles. The molecule has 0 aromatic heterocycles. The molecule has 3 rings (SSSR count). The molecule has 1 atom stereocenters. The molecule has 1 aliphatic carbocycles. The minimum Gasteiger partial charge on any atom is -0.380 e. The third-order valence-electron chi connectivity index (χ3n) is 3.04. The van der Waals surface area contributed by atoms with Crippen LogP contribution in [0.5, 0.6) is 0 Å². The van der Waals surface area contributed by atoms with E-state index in [-0.39, 0.29) is 5.78 Å². The third-order valence-corrected chi connectivity index (χ3v) is 3.53. The molecule has 0 amide bonds. The molecular weight excluding hydrogens is 280 g/mol. The first-order valence-corrected chi connectivity index (χ1v) is 6.09. The van der Waals surface area contributed by atoms with Crippen molar-refractivity contribution in [3.8, 4) is 11.1 Å². The van der Waals surface area contributed by atoms with E-state index in [0.717, 1.165) is 15.6 Å². The number of hydrogen-bond acceptors (Lipinski definition) is 2. The number of rotatable bonds is 0. The first-order chi connectivity index (χ1) is 8.18. The summed E-state index contributed by atoms with van der Waals surface area (Å²) in [6.07, 6.45) is -1.04. The number of carbonyl (C=O) groups is 1. The van der Waals surface area contributed by atoms with E-state index in [0.29, 0.717) is 11.1 Å². The van der Waals surface area contributed by atoms with Gasteiger partial charge in [0.05, 0.1) is 0 Å². The summed E-state index contributed by atoms with van der Waals surface area (Å²) >= 11 is 3.40. The topological polar surface area (TPSA) is 37.3 Å². The quantitative estimate of drug-likeness (QED) is 0.807. The maximum Gasteiger partial charge on any atom is 0.196 e. The summed E-state index contributed by atoms with van der Waals surface area (Å²) in [6, 6.07) is 12.9. The van der Waals surface area contributed by atoms with Gasteiger partial charge in [-0.2, -0.15) is 0 Å². The van der Waals surface area contributed by atoms with Gasteiger partial charge in [-0.1, -0.05) is 40.2 Å². The van der Waals surface area contributed by atoms with Crippen molar-refractivity contribution >= 4 is 21.7 Å².